The van der Waals surface area contributed by atoms with Gasteiger partial charge in [-0.05, 0) is 48.7 Å². The van der Waals surface area contributed by atoms with Crippen LogP contribution in [0, 0.1) is 5.82 Å². The zero-order valence-electron chi connectivity index (χ0n) is 16.6. The number of nitrogens with zero attached hydrogens (tertiary/aromatic N) is 1. The monoisotopic (exact) mass is 411 g/mol. The van der Waals surface area contributed by atoms with Crippen molar-refractivity contribution in [2.45, 2.75) is 25.5 Å². The first-order valence-electron chi connectivity index (χ1n) is 9.81. The fourth-order valence-corrected chi connectivity index (χ4v) is 3.59. The van der Waals surface area contributed by atoms with Gasteiger partial charge in [-0.25, -0.2) is 4.39 Å². The lowest BCUT2D eigenvalue weighted by Gasteiger charge is -2.25. The molecule has 0 radical (unpaired) electrons. The van der Waals surface area contributed by atoms with Gasteiger partial charge in [0.15, 0.2) is 11.2 Å². The van der Waals surface area contributed by atoms with Crippen molar-refractivity contribution in [1.29, 1.82) is 0 Å². The Labute approximate surface area is 172 Å². The quantitative estimate of drug-likeness (QED) is 0.618. The highest BCUT2D eigenvalue weighted by Gasteiger charge is 2.26. The van der Waals surface area contributed by atoms with Gasteiger partial charge in [-0.3, -0.25) is 9.59 Å². The Balaban J connectivity index is 1.64. The number of rotatable bonds is 6. The molecule has 1 amide bonds. The van der Waals surface area contributed by atoms with Crippen LogP contribution in [0.4, 0.5) is 4.39 Å². The molecule has 1 atom stereocenters. The van der Waals surface area contributed by atoms with Gasteiger partial charge in [0.05, 0.1) is 18.6 Å². The van der Waals surface area contributed by atoms with Crippen molar-refractivity contribution in [3.8, 4) is 5.75 Å². The Bertz CT molecular complexity index is 1100. The van der Waals surface area contributed by atoms with Gasteiger partial charge in [-0.15, -0.1) is 0 Å². The molecule has 1 aliphatic rings. The van der Waals surface area contributed by atoms with Gasteiger partial charge in [0, 0.05) is 25.8 Å². The lowest BCUT2D eigenvalue weighted by Crippen LogP contribution is -2.37. The molecule has 1 saturated heterocycles. The Hall–Kier alpha value is -3.19. The van der Waals surface area contributed by atoms with Gasteiger partial charge in [-0.2, -0.15) is 0 Å². The van der Waals surface area contributed by atoms with Crippen LogP contribution >= 0.6 is 0 Å². The third-order valence-corrected chi connectivity index (χ3v) is 5.17. The summed E-state index contributed by atoms with van der Waals surface area (Å²) in [4.78, 5) is 27.3. The van der Waals surface area contributed by atoms with E-state index in [9.17, 15) is 14.0 Å². The van der Waals surface area contributed by atoms with Crippen molar-refractivity contribution in [3.63, 3.8) is 0 Å². The van der Waals surface area contributed by atoms with Crippen LogP contribution in [-0.2, 0) is 11.3 Å². The first-order valence-corrected chi connectivity index (χ1v) is 9.81. The maximum absolute atomic E-state index is 13.4. The van der Waals surface area contributed by atoms with E-state index in [1.165, 1.54) is 12.1 Å². The van der Waals surface area contributed by atoms with Crippen LogP contribution in [0.25, 0.3) is 11.0 Å². The predicted molar refractivity (Wildman–Crippen MR) is 109 cm³/mol. The average molecular weight is 411 g/mol. The van der Waals surface area contributed by atoms with Crippen LogP contribution in [-0.4, -0.2) is 37.2 Å². The average Bonchev–Trinajstić information content (AvgIpc) is 3.27. The van der Waals surface area contributed by atoms with Crippen molar-refractivity contribution in [2.24, 2.45) is 0 Å². The zero-order valence-corrected chi connectivity index (χ0v) is 16.6. The second-order valence-corrected chi connectivity index (χ2v) is 7.28. The molecule has 0 bridgehead atoms. The molecule has 1 fully saturated rings. The van der Waals surface area contributed by atoms with Crippen molar-refractivity contribution in [2.75, 3.05) is 20.3 Å². The molecule has 3 aromatic rings. The third-order valence-electron chi connectivity index (χ3n) is 5.17. The third kappa shape index (κ3) is 4.36. The number of ether oxygens (including phenoxy) is 2. The standard InChI is InChI=1S/C23H22FNO5/c1-28-17-7-4-15(5-8-17)13-25(14-18-3-2-10-29-18)23(27)22-12-20(26)19-11-16(24)6-9-21(19)30-22/h4-9,11-12,18H,2-3,10,13-14H2,1H3. The maximum atomic E-state index is 13.4. The molecule has 1 aromatic heterocycles. The van der Waals surface area contributed by atoms with Crippen LogP contribution in [0.15, 0.2) is 57.7 Å². The summed E-state index contributed by atoms with van der Waals surface area (Å²) in [5.41, 5.74) is 0.627. The number of methoxy groups -OCH3 is 1. The molecule has 0 N–H and O–H groups in total. The van der Waals surface area contributed by atoms with Gasteiger partial charge in [-0.1, -0.05) is 12.1 Å². The minimum Gasteiger partial charge on any atom is -0.497 e. The second-order valence-electron chi connectivity index (χ2n) is 7.28. The molecule has 1 aliphatic heterocycles. The summed E-state index contributed by atoms with van der Waals surface area (Å²) in [5.74, 6) is -0.299. The fourth-order valence-electron chi connectivity index (χ4n) is 3.59. The number of carbonyl (C=O) groups is 1. The number of hydrogen-bond acceptors (Lipinski definition) is 5. The van der Waals surface area contributed by atoms with E-state index in [4.69, 9.17) is 13.9 Å². The first-order chi connectivity index (χ1) is 14.5. The van der Waals surface area contributed by atoms with E-state index in [-0.39, 0.29) is 22.8 Å². The lowest BCUT2D eigenvalue weighted by atomic mass is 10.1. The van der Waals surface area contributed by atoms with Crippen molar-refractivity contribution in [1.82, 2.24) is 4.90 Å². The van der Waals surface area contributed by atoms with E-state index in [0.29, 0.717) is 19.7 Å². The summed E-state index contributed by atoms with van der Waals surface area (Å²) in [7, 11) is 1.59. The minimum absolute atomic E-state index is 0.0616. The number of fused-ring (bicyclic) bond motifs is 1. The van der Waals surface area contributed by atoms with Crippen molar-refractivity contribution >= 4 is 16.9 Å². The predicted octanol–water partition coefficient (Wildman–Crippen LogP) is 3.76. The van der Waals surface area contributed by atoms with Crippen LogP contribution in [0.5, 0.6) is 5.75 Å². The largest absolute Gasteiger partial charge is 0.497 e. The van der Waals surface area contributed by atoms with E-state index >= 15 is 0 Å². The van der Waals surface area contributed by atoms with Crippen LogP contribution in [0.2, 0.25) is 0 Å². The lowest BCUT2D eigenvalue weighted by molar-refractivity contribution is 0.0484. The molecule has 6 nitrogen and oxygen atoms in total. The molecule has 7 heteroatoms. The van der Waals surface area contributed by atoms with Crippen LogP contribution in [0.1, 0.15) is 29.0 Å². The van der Waals surface area contributed by atoms with Crippen LogP contribution in [0.3, 0.4) is 0 Å². The van der Waals surface area contributed by atoms with E-state index in [2.05, 4.69) is 0 Å². The molecule has 0 spiro atoms. The van der Waals surface area contributed by atoms with Gasteiger partial charge in [0.25, 0.3) is 5.91 Å². The highest BCUT2D eigenvalue weighted by Crippen LogP contribution is 2.20. The molecule has 4 rings (SSSR count). The molecule has 0 saturated carbocycles. The van der Waals surface area contributed by atoms with Gasteiger partial charge in [0.1, 0.15) is 17.1 Å². The summed E-state index contributed by atoms with van der Waals surface area (Å²) in [6.45, 7) is 1.38. The molecule has 156 valence electrons. The van der Waals surface area contributed by atoms with E-state index < -0.39 is 17.2 Å². The maximum Gasteiger partial charge on any atom is 0.290 e. The summed E-state index contributed by atoms with van der Waals surface area (Å²) in [6.07, 6.45) is 1.76. The van der Waals surface area contributed by atoms with Gasteiger partial charge >= 0.3 is 0 Å². The Morgan fingerprint density at radius 1 is 1.20 bits per heavy atom. The number of halogens is 1. The molecule has 1 unspecified atom stereocenters. The highest BCUT2D eigenvalue weighted by atomic mass is 19.1. The minimum atomic E-state index is -0.534. The normalized spacial score (nSPS) is 16.0. The van der Waals surface area contributed by atoms with Gasteiger partial charge < -0.3 is 18.8 Å². The number of hydrogen-bond donors (Lipinski definition) is 0. The Kier molecular flexibility index (Phi) is 5.81. The van der Waals surface area contributed by atoms with Gasteiger partial charge in [0.2, 0.25) is 0 Å². The zero-order chi connectivity index (χ0) is 21.1. The van der Waals surface area contributed by atoms with E-state index in [1.807, 2.05) is 24.3 Å². The van der Waals surface area contributed by atoms with Crippen LogP contribution < -0.4 is 10.2 Å². The molecule has 2 aromatic carbocycles. The molecule has 0 aliphatic carbocycles. The smallest absolute Gasteiger partial charge is 0.290 e. The van der Waals surface area contributed by atoms with Crippen molar-refractivity contribution in [3.05, 3.63) is 75.9 Å². The molecule has 30 heavy (non-hydrogen) atoms. The summed E-state index contributed by atoms with van der Waals surface area (Å²) in [6, 6.07) is 12.2. The number of carbonyl (C=O) groups excluding carboxylic acids is 1. The highest BCUT2D eigenvalue weighted by molar-refractivity contribution is 5.93. The fraction of sp³-hybridized carbons (Fsp3) is 0.304. The summed E-state index contributed by atoms with van der Waals surface area (Å²) < 4.78 is 30.0. The van der Waals surface area contributed by atoms with E-state index in [1.54, 1.807) is 12.0 Å². The second kappa shape index (κ2) is 8.67. The topological polar surface area (TPSA) is 69.0 Å². The summed E-state index contributed by atoms with van der Waals surface area (Å²) in [5, 5.41) is 0.104. The molecular formula is C23H22FNO5. The van der Waals surface area contributed by atoms with Crippen molar-refractivity contribution < 1.29 is 23.1 Å². The SMILES string of the molecule is COc1ccc(CN(CC2CCCO2)C(=O)c2cc(=O)c3cc(F)ccc3o2)cc1. The number of benzene rings is 2. The molecular weight excluding hydrogens is 389 g/mol. The first kappa shape index (κ1) is 20.1. The molecule has 2 heterocycles. The Morgan fingerprint density at radius 2 is 2.00 bits per heavy atom. The summed E-state index contributed by atoms with van der Waals surface area (Å²) >= 11 is 0. The van der Waals surface area contributed by atoms with E-state index in [0.717, 1.165) is 36.3 Å². The number of amides is 1. The Morgan fingerprint density at radius 3 is 2.70 bits per heavy atom.